The molecule has 0 aliphatic heterocycles. The van der Waals surface area contributed by atoms with Crippen molar-refractivity contribution >= 4 is 17.5 Å². The number of primary amides is 1. The molecular formula is C20H18N3O3+. The number of benzene rings is 2. The van der Waals surface area contributed by atoms with Gasteiger partial charge in [0.1, 0.15) is 11.3 Å². The van der Waals surface area contributed by atoms with E-state index in [1.54, 1.807) is 35.0 Å². The van der Waals surface area contributed by atoms with E-state index in [1.165, 1.54) is 6.20 Å². The van der Waals surface area contributed by atoms with E-state index in [2.05, 4.69) is 5.32 Å². The predicted molar refractivity (Wildman–Crippen MR) is 96.7 cm³/mol. The van der Waals surface area contributed by atoms with Gasteiger partial charge in [0, 0.05) is 6.07 Å². The number of carbonyl (C=O) groups is 2. The normalized spacial score (nSPS) is 10.2. The quantitative estimate of drug-likeness (QED) is 0.671. The van der Waals surface area contributed by atoms with Crippen LogP contribution in [-0.4, -0.2) is 11.8 Å². The van der Waals surface area contributed by atoms with Gasteiger partial charge in [-0.2, -0.15) is 4.57 Å². The molecule has 26 heavy (non-hydrogen) atoms. The van der Waals surface area contributed by atoms with Crippen molar-refractivity contribution in [3.63, 3.8) is 0 Å². The summed E-state index contributed by atoms with van der Waals surface area (Å²) in [6, 6.07) is 19.8. The van der Waals surface area contributed by atoms with Crippen LogP contribution >= 0.6 is 0 Å². The summed E-state index contributed by atoms with van der Waals surface area (Å²) in [5, 5.41) is 2.83. The summed E-state index contributed by atoms with van der Waals surface area (Å²) < 4.78 is 7.42. The third-order valence-corrected chi connectivity index (χ3v) is 3.60. The number of anilines is 1. The molecule has 0 spiro atoms. The minimum absolute atomic E-state index is 0.0425. The van der Waals surface area contributed by atoms with Gasteiger partial charge < -0.3 is 15.8 Å². The van der Waals surface area contributed by atoms with Crippen molar-refractivity contribution in [1.29, 1.82) is 0 Å². The second-order valence-corrected chi connectivity index (χ2v) is 5.59. The zero-order chi connectivity index (χ0) is 18.4. The molecule has 0 aliphatic rings. The van der Waals surface area contributed by atoms with E-state index in [9.17, 15) is 9.59 Å². The highest BCUT2D eigenvalue weighted by molar-refractivity contribution is 5.92. The second kappa shape index (κ2) is 7.94. The second-order valence-electron chi connectivity index (χ2n) is 5.59. The molecule has 0 bridgehead atoms. The van der Waals surface area contributed by atoms with E-state index in [1.807, 2.05) is 42.5 Å². The van der Waals surface area contributed by atoms with Gasteiger partial charge in [-0.1, -0.05) is 30.3 Å². The highest BCUT2D eigenvalue weighted by atomic mass is 16.5. The average Bonchev–Trinajstić information content (AvgIpc) is 2.64. The number of para-hydroxylation sites is 3. The Hall–Kier alpha value is -3.67. The van der Waals surface area contributed by atoms with Gasteiger partial charge in [-0.15, -0.1) is 0 Å². The van der Waals surface area contributed by atoms with Crippen LogP contribution in [0.25, 0.3) is 0 Å². The lowest BCUT2D eigenvalue weighted by Gasteiger charge is -2.11. The first kappa shape index (κ1) is 17.2. The van der Waals surface area contributed by atoms with E-state index in [0.717, 1.165) is 0 Å². The minimum Gasteiger partial charge on any atom is -0.455 e. The summed E-state index contributed by atoms with van der Waals surface area (Å²) in [6.07, 6.45) is 3.23. The molecule has 3 rings (SSSR count). The summed E-state index contributed by atoms with van der Waals surface area (Å²) in [4.78, 5) is 23.6. The van der Waals surface area contributed by atoms with Crippen molar-refractivity contribution in [2.24, 2.45) is 5.73 Å². The number of ether oxygens (including phenoxy) is 1. The van der Waals surface area contributed by atoms with Gasteiger partial charge in [-0.3, -0.25) is 9.59 Å². The van der Waals surface area contributed by atoms with Gasteiger partial charge in [0.15, 0.2) is 18.1 Å². The Bertz CT molecular complexity index is 926. The standard InChI is InChI=1S/C20H17N3O3/c21-20(25)15-7-6-12-23(13-15)14-19(24)22-17-10-4-5-11-18(17)26-16-8-2-1-3-9-16/h1-13H,14H2,(H2-,21,22,24,25)/p+1. The maximum absolute atomic E-state index is 12.4. The summed E-state index contributed by atoms with van der Waals surface area (Å²) in [7, 11) is 0. The molecule has 6 nitrogen and oxygen atoms in total. The van der Waals surface area contributed by atoms with Gasteiger partial charge in [0.25, 0.3) is 11.8 Å². The number of rotatable bonds is 6. The molecule has 0 radical (unpaired) electrons. The van der Waals surface area contributed by atoms with Crippen LogP contribution in [0.15, 0.2) is 79.1 Å². The zero-order valence-electron chi connectivity index (χ0n) is 14.0. The lowest BCUT2D eigenvalue weighted by atomic mass is 10.2. The van der Waals surface area contributed by atoms with Crippen LogP contribution in [0.5, 0.6) is 11.5 Å². The van der Waals surface area contributed by atoms with Gasteiger partial charge in [-0.25, -0.2) is 0 Å². The van der Waals surface area contributed by atoms with E-state index < -0.39 is 5.91 Å². The van der Waals surface area contributed by atoms with Gasteiger partial charge in [0.05, 0.1) is 5.69 Å². The predicted octanol–water partition coefficient (Wildman–Crippen LogP) is 2.50. The fourth-order valence-corrected chi connectivity index (χ4v) is 2.40. The Labute approximate surface area is 150 Å². The first-order valence-corrected chi connectivity index (χ1v) is 8.02. The third kappa shape index (κ3) is 4.45. The number of aromatic nitrogens is 1. The summed E-state index contributed by atoms with van der Waals surface area (Å²) in [5.74, 6) is 0.433. The molecule has 1 aromatic heterocycles. The maximum atomic E-state index is 12.4. The van der Waals surface area contributed by atoms with Crippen molar-refractivity contribution in [3.8, 4) is 11.5 Å². The molecule has 0 unspecified atom stereocenters. The van der Waals surface area contributed by atoms with Crippen molar-refractivity contribution in [2.75, 3.05) is 5.32 Å². The van der Waals surface area contributed by atoms with Crippen LogP contribution < -0.4 is 20.4 Å². The molecular weight excluding hydrogens is 330 g/mol. The number of hydrogen-bond acceptors (Lipinski definition) is 3. The first-order chi connectivity index (χ1) is 12.6. The van der Waals surface area contributed by atoms with Crippen LogP contribution in [-0.2, 0) is 11.3 Å². The van der Waals surface area contributed by atoms with E-state index in [4.69, 9.17) is 10.5 Å². The topological polar surface area (TPSA) is 85.3 Å². The van der Waals surface area contributed by atoms with E-state index >= 15 is 0 Å². The number of hydrogen-bond donors (Lipinski definition) is 2. The highest BCUT2D eigenvalue weighted by Crippen LogP contribution is 2.28. The molecule has 0 saturated heterocycles. The number of amides is 2. The van der Waals surface area contributed by atoms with Crippen LogP contribution in [0.1, 0.15) is 10.4 Å². The highest BCUT2D eigenvalue weighted by Gasteiger charge is 2.14. The Balaban J connectivity index is 1.72. The van der Waals surface area contributed by atoms with E-state index in [0.29, 0.717) is 22.7 Å². The molecule has 2 aromatic carbocycles. The fourth-order valence-electron chi connectivity index (χ4n) is 2.40. The molecule has 130 valence electrons. The first-order valence-electron chi connectivity index (χ1n) is 8.02. The van der Waals surface area contributed by atoms with Gasteiger partial charge in [0.2, 0.25) is 6.54 Å². The Morgan fingerprint density at radius 3 is 2.46 bits per heavy atom. The Kier molecular flexibility index (Phi) is 5.24. The van der Waals surface area contributed by atoms with Crippen LogP contribution in [0.3, 0.4) is 0 Å². The number of pyridine rings is 1. The summed E-state index contributed by atoms with van der Waals surface area (Å²) in [5.41, 5.74) is 6.16. The van der Waals surface area contributed by atoms with Crippen LogP contribution in [0.2, 0.25) is 0 Å². The maximum Gasteiger partial charge on any atom is 0.290 e. The zero-order valence-corrected chi connectivity index (χ0v) is 14.0. The van der Waals surface area contributed by atoms with Crippen molar-refractivity contribution in [2.45, 2.75) is 6.54 Å². The third-order valence-electron chi connectivity index (χ3n) is 3.60. The fraction of sp³-hybridized carbons (Fsp3) is 0.0500. The molecule has 2 amide bonds. The minimum atomic E-state index is -0.540. The van der Waals surface area contributed by atoms with Crippen molar-refractivity contribution in [1.82, 2.24) is 0 Å². The monoisotopic (exact) mass is 348 g/mol. The molecule has 1 heterocycles. The SMILES string of the molecule is NC(=O)c1ccc[n+](CC(=O)Nc2ccccc2Oc2ccccc2)c1. The number of nitrogens with two attached hydrogens (primary N) is 1. The van der Waals surface area contributed by atoms with Crippen LogP contribution in [0, 0.1) is 0 Å². The molecule has 0 atom stereocenters. The van der Waals surface area contributed by atoms with Gasteiger partial charge in [-0.05, 0) is 30.3 Å². The Morgan fingerprint density at radius 2 is 1.69 bits per heavy atom. The molecule has 3 N–H and O–H groups in total. The lowest BCUT2D eigenvalue weighted by molar-refractivity contribution is -0.684. The number of carbonyl (C=O) groups excluding carboxylic acids is 2. The smallest absolute Gasteiger partial charge is 0.290 e. The molecule has 0 aliphatic carbocycles. The molecule has 6 heteroatoms. The molecule has 0 saturated carbocycles. The molecule has 3 aromatic rings. The largest absolute Gasteiger partial charge is 0.455 e. The summed E-state index contributed by atoms with van der Waals surface area (Å²) >= 11 is 0. The average molecular weight is 348 g/mol. The van der Waals surface area contributed by atoms with Crippen molar-refractivity contribution in [3.05, 3.63) is 84.7 Å². The molecule has 0 fully saturated rings. The summed E-state index contributed by atoms with van der Waals surface area (Å²) in [6.45, 7) is 0.0425. The Morgan fingerprint density at radius 1 is 0.962 bits per heavy atom. The number of nitrogens with zero attached hydrogens (tertiary/aromatic N) is 1. The lowest BCUT2D eigenvalue weighted by Crippen LogP contribution is -2.40. The van der Waals surface area contributed by atoms with E-state index in [-0.39, 0.29) is 12.5 Å². The number of nitrogens with one attached hydrogen (secondary N) is 1. The van der Waals surface area contributed by atoms with Crippen LogP contribution in [0.4, 0.5) is 5.69 Å². The van der Waals surface area contributed by atoms with Crippen molar-refractivity contribution < 1.29 is 18.9 Å². The van der Waals surface area contributed by atoms with Gasteiger partial charge >= 0.3 is 0 Å².